The summed E-state index contributed by atoms with van der Waals surface area (Å²) in [7, 11) is -3.67. The van der Waals surface area contributed by atoms with E-state index < -0.39 is 10.0 Å². The Morgan fingerprint density at radius 2 is 2.19 bits per heavy atom. The van der Waals surface area contributed by atoms with E-state index in [1.807, 2.05) is 6.92 Å². The van der Waals surface area contributed by atoms with Gasteiger partial charge in [0.2, 0.25) is 15.9 Å². The maximum Gasteiger partial charge on any atom is 0.242 e. The average Bonchev–Trinajstić information content (AvgIpc) is 2.94. The van der Waals surface area contributed by atoms with Crippen molar-refractivity contribution in [1.82, 2.24) is 9.71 Å². The number of halogens is 1. The first-order chi connectivity index (χ1) is 9.96. The molecule has 114 valence electrons. The van der Waals surface area contributed by atoms with Crippen molar-refractivity contribution < 1.29 is 12.8 Å². The summed E-state index contributed by atoms with van der Waals surface area (Å²) in [6.07, 6.45) is 2.30. The Kier molecular flexibility index (Phi) is 5.15. The van der Waals surface area contributed by atoms with E-state index >= 15 is 0 Å². The van der Waals surface area contributed by atoms with Crippen molar-refractivity contribution in [3.05, 3.63) is 46.1 Å². The van der Waals surface area contributed by atoms with Crippen LogP contribution < -0.4 is 10.5 Å². The summed E-state index contributed by atoms with van der Waals surface area (Å²) in [5.74, 6) is 1.05. The predicted molar refractivity (Wildman–Crippen MR) is 81.9 cm³/mol. The summed E-state index contributed by atoms with van der Waals surface area (Å²) < 4.78 is 33.0. The molecule has 0 fully saturated rings. The number of aryl methyl sites for hydroxylation is 1. The number of benzene rings is 1. The van der Waals surface area contributed by atoms with Crippen molar-refractivity contribution in [2.24, 2.45) is 5.73 Å². The maximum atomic E-state index is 12.3. The van der Waals surface area contributed by atoms with Crippen LogP contribution in [0.25, 0.3) is 0 Å². The van der Waals surface area contributed by atoms with E-state index in [4.69, 9.17) is 10.2 Å². The van der Waals surface area contributed by atoms with Crippen molar-refractivity contribution in [2.45, 2.75) is 31.3 Å². The lowest BCUT2D eigenvalue weighted by Crippen LogP contribution is -2.24. The third-order valence-electron chi connectivity index (χ3n) is 2.88. The minimum atomic E-state index is -3.67. The highest BCUT2D eigenvalue weighted by molar-refractivity contribution is 9.10. The maximum absolute atomic E-state index is 12.3. The molecule has 8 heteroatoms. The highest BCUT2D eigenvalue weighted by Crippen LogP contribution is 2.23. The van der Waals surface area contributed by atoms with Crippen LogP contribution in [0.15, 0.2) is 38.2 Å². The Morgan fingerprint density at radius 1 is 1.43 bits per heavy atom. The van der Waals surface area contributed by atoms with Crippen LogP contribution in [0.3, 0.4) is 0 Å². The zero-order valence-corrected chi connectivity index (χ0v) is 13.9. The fraction of sp³-hybridized carbons (Fsp3) is 0.308. The van der Waals surface area contributed by atoms with Gasteiger partial charge in [-0.15, -0.1) is 0 Å². The molecule has 0 unspecified atom stereocenters. The third-order valence-corrected chi connectivity index (χ3v) is 5.28. The Balaban J connectivity index is 2.18. The second kappa shape index (κ2) is 6.69. The molecule has 0 saturated carbocycles. The molecule has 21 heavy (non-hydrogen) atoms. The smallest absolute Gasteiger partial charge is 0.242 e. The van der Waals surface area contributed by atoms with Gasteiger partial charge in [-0.25, -0.2) is 18.1 Å². The molecule has 0 aliphatic heterocycles. The van der Waals surface area contributed by atoms with Gasteiger partial charge in [0, 0.05) is 17.4 Å². The third kappa shape index (κ3) is 3.91. The van der Waals surface area contributed by atoms with Crippen molar-refractivity contribution in [1.29, 1.82) is 0 Å². The largest absolute Gasteiger partial charge is 0.444 e. The molecule has 0 spiro atoms. The number of nitrogens with one attached hydrogen (secondary N) is 1. The fourth-order valence-corrected chi connectivity index (χ4v) is 3.69. The molecule has 3 N–H and O–H groups in total. The van der Waals surface area contributed by atoms with E-state index in [0.717, 1.165) is 11.3 Å². The Morgan fingerprint density at radius 3 is 2.81 bits per heavy atom. The average molecular weight is 374 g/mol. The number of hydrogen-bond acceptors (Lipinski definition) is 5. The van der Waals surface area contributed by atoms with E-state index in [1.165, 1.54) is 0 Å². The van der Waals surface area contributed by atoms with Gasteiger partial charge in [-0.3, -0.25) is 0 Å². The Labute approximate surface area is 131 Å². The normalized spacial score (nSPS) is 11.8. The number of rotatable bonds is 6. The second-order valence-corrected chi connectivity index (χ2v) is 6.96. The van der Waals surface area contributed by atoms with Gasteiger partial charge in [0.1, 0.15) is 5.76 Å². The summed E-state index contributed by atoms with van der Waals surface area (Å²) in [5.41, 5.74) is 6.28. The van der Waals surface area contributed by atoms with Crippen LogP contribution in [-0.4, -0.2) is 13.4 Å². The molecule has 0 bridgehead atoms. The lowest BCUT2D eigenvalue weighted by Gasteiger charge is -2.08. The molecule has 2 aromatic rings. The van der Waals surface area contributed by atoms with E-state index in [9.17, 15) is 8.42 Å². The Bertz CT molecular complexity index is 728. The number of aromatic nitrogens is 1. The van der Waals surface area contributed by atoms with Crippen LogP contribution in [0.2, 0.25) is 0 Å². The highest BCUT2D eigenvalue weighted by Gasteiger charge is 2.19. The molecule has 1 heterocycles. The molecule has 6 nitrogen and oxygen atoms in total. The summed E-state index contributed by atoms with van der Waals surface area (Å²) in [4.78, 5) is 4.16. The SMILES string of the molecule is CCc1cnc(CNS(=O)(=O)c2cc(CN)ccc2Br)o1. The minimum Gasteiger partial charge on any atom is -0.444 e. The summed E-state index contributed by atoms with van der Waals surface area (Å²) >= 11 is 3.24. The van der Waals surface area contributed by atoms with Crippen LogP contribution in [0.1, 0.15) is 24.1 Å². The molecule has 0 atom stereocenters. The molecule has 0 amide bonds. The molecular weight excluding hydrogens is 358 g/mol. The van der Waals surface area contributed by atoms with Gasteiger partial charge in [0.05, 0.1) is 17.6 Å². The number of nitrogens with two attached hydrogens (primary N) is 1. The van der Waals surface area contributed by atoms with E-state index in [-0.39, 0.29) is 18.0 Å². The lowest BCUT2D eigenvalue weighted by atomic mass is 10.2. The number of hydrogen-bond donors (Lipinski definition) is 2. The van der Waals surface area contributed by atoms with Crippen molar-refractivity contribution in [3.8, 4) is 0 Å². The van der Waals surface area contributed by atoms with Gasteiger partial charge in [-0.05, 0) is 33.6 Å². The molecule has 0 aliphatic rings. The molecule has 0 aliphatic carbocycles. The van der Waals surface area contributed by atoms with Gasteiger partial charge < -0.3 is 10.2 Å². The first-order valence-corrected chi connectivity index (χ1v) is 8.65. The van der Waals surface area contributed by atoms with Crippen LogP contribution >= 0.6 is 15.9 Å². The van der Waals surface area contributed by atoms with Gasteiger partial charge in [-0.2, -0.15) is 0 Å². The quantitative estimate of drug-likeness (QED) is 0.805. The predicted octanol–water partition coefficient (Wildman–Crippen LogP) is 1.94. The zero-order valence-electron chi connectivity index (χ0n) is 11.5. The molecule has 1 aromatic heterocycles. The van der Waals surface area contributed by atoms with Crippen LogP contribution in [0.4, 0.5) is 0 Å². The first-order valence-electron chi connectivity index (χ1n) is 6.38. The van der Waals surface area contributed by atoms with Gasteiger partial charge >= 0.3 is 0 Å². The van der Waals surface area contributed by atoms with Crippen molar-refractivity contribution in [2.75, 3.05) is 0 Å². The first kappa shape index (κ1) is 16.2. The van der Waals surface area contributed by atoms with Gasteiger partial charge in [0.15, 0.2) is 0 Å². The monoisotopic (exact) mass is 373 g/mol. The van der Waals surface area contributed by atoms with E-state index in [1.54, 1.807) is 24.4 Å². The second-order valence-electron chi connectivity index (χ2n) is 4.37. The Hall–Kier alpha value is -1.22. The zero-order chi connectivity index (χ0) is 15.5. The van der Waals surface area contributed by atoms with E-state index in [0.29, 0.717) is 16.8 Å². The van der Waals surface area contributed by atoms with Crippen molar-refractivity contribution >= 4 is 26.0 Å². The van der Waals surface area contributed by atoms with Gasteiger partial charge in [0.25, 0.3) is 0 Å². The van der Waals surface area contributed by atoms with Crippen LogP contribution in [-0.2, 0) is 29.5 Å². The van der Waals surface area contributed by atoms with Crippen molar-refractivity contribution in [3.63, 3.8) is 0 Å². The van der Waals surface area contributed by atoms with E-state index in [2.05, 4.69) is 25.6 Å². The number of nitrogens with zero attached hydrogens (tertiary/aromatic N) is 1. The number of sulfonamides is 1. The van der Waals surface area contributed by atoms with Crippen LogP contribution in [0.5, 0.6) is 0 Å². The topological polar surface area (TPSA) is 98.2 Å². The molecule has 2 rings (SSSR count). The van der Waals surface area contributed by atoms with Gasteiger partial charge in [-0.1, -0.05) is 13.0 Å². The molecule has 0 radical (unpaired) electrons. The molecule has 0 saturated heterocycles. The summed E-state index contributed by atoms with van der Waals surface area (Å²) in [6, 6.07) is 4.97. The standard InChI is InChI=1S/C13H16BrN3O3S/c1-2-10-7-16-13(20-10)8-17-21(18,19)12-5-9(6-15)3-4-11(12)14/h3-5,7,17H,2,6,8,15H2,1H3. The molecule has 1 aromatic carbocycles. The summed E-state index contributed by atoms with van der Waals surface area (Å²) in [6.45, 7) is 2.21. The number of oxazole rings is 1. The highest BCUT2D eigenvalue weighted by atomic mass is 79.9. The minimum absolute atomic E-state index is 0.00161. The summed E-state index contributed by atoms with van der Waals surface area (Å²) in [5, 5.41) is 0. The molecular formula is C13H16BrN3O3S. The van der Waals surface area contributed by atoms with Crippen LogP contribution in [0, 0.1) is 0 Å². The fourth-order valence-electron chi connectivity index (χ4n) is 1.71. The lowest BCUT2D eigenvalue weighted by molar-refractivity contribution is 0.452.